The monoisotopic (exact) mass is 470 g/mol. The maximum atomic E-state index is 13.2. The van der Waals surface area contributed by atoms with Crippen molar-refractivity contribution < 1.29 is 19.0 Å². The average Bonchev–Trinajstić information content (AvgIpc) is 3.17. The molecule has 0 unspecified atom stereocenters. The second-order valence-corrected chi connectivity index (χ2v) is 9.09. The van der Waals surface area contributed by atoms with E-state index in [2.05, 4.69) is 15.2 Å². The van der Waals surface area contributed by atoms with Crippen LogP contribution in [-0.4, -0.2) is 50.3 Å². The predicted octanol–water partition coefficient (Wildman–Crippen LogP) is 4.25. The molecular weight excluding hydrogens is 440 g/mol. The van der Waals surface area contributed by atoms with Gasteiger partial charge in [0.15, 0.2) is 11.5 Å². The summed E-state index contributed by atoms with van der Waals surface area (Å²) in [6.45, 7) is 6.20. The van der Waals surface area contributed by atoms with Crippen molar-refractivity contribution in [3.8, 4) is 17.2 Å². The Kier molecular flexibility index (Phi) is 6.88. The Morgan fingerprint density at radius 3 is 2.30 bits per heavy atom. The second-order valence-electron chi connectivity index (χ2n) is 8.09. The molecule has 0 saturated carbocycles. The standard InChI is InChI=1S/C24H30N4O4S/c1-14-19-22(28-9-7-6-8-10-28)26-15(2)27-24(19)33-21(14)23(29)25-13-16-11-17(30-3)20(32-5)18(12-16)31-4/h11-12H,6-10,13H2,1-5H3,(H,25,29). The molecule has 0 aliphatic carbocycles. The van der Waals surface area contributed by atoms with Crippen molar-refractivity contribution >= 4 is 33.3 Å². The number of nitrogens with zero attached hydrogens (tertiary/aromatic N) is 3. The lowest BCUT2D eigenvalue weighted by Gasteiger charge is -2.28. The average molecular weight is 471 g/mol. The Morgan fingerprint density at radius 1 is 1.03 bits per heavy atom. The van der Waals surface area contributed by atoms with E-state index in [1.165, 1.54) is 17.8 Å². The topological polar surface area (TPSA) is 85.8 Å². The summed E-state index contributed by atoms with van der Waals surface area (Å²) in [5, 5.41) is 4.02. The van der Waals surface area contributed by atoms with Gasteiger partial charge in [0, 0.05) is 19.6 Å². The minimum Gasteiger partial charge on any atom is -0.493 e. The summed E-state index contributed by atoms with van der Waals surface area (Å²) in [6, 6.07) is 3.67. The van der Waals surface area contributed by atoms with E-state index in [0.29, 0.717) is 28.7 Å². The smallest absolute Gasteiger partial charge is 0.261 e. The fraction of sp³-hybridized carbons (Fsp3) is 0.458. The van der Waals surface area contributed by atoms with Gasteiger partial charge in [0.2, 0.25) is 5.75 Å². The molecule has 0 radical (unpaired) electrons. The number of thiophene rings is 1. The molecule has 4 rings (SSSR count). The highest BCUT2D eigenvalue weighted by molar-refractivity contribution is 7.20. The van der Waals surface area contributed by atoms with Crippen LogP contribution in [0.3, 0.4) is 0 Å². The third-order valence-electron chi connectivity index (χ3n) is 5.92. The summed E-state index contributed by atoms with van der Waals surface area (Å²) in [6.07, 6.45) is 3.58. The van der Waals surface area contributed by atoms with Gasteiger partial charge < -0.3 is 24.4 Å². The third-order valence-corrected chi connectivity index (χ3v) is 7.11. The number of anilines is 1. The minimum absolute atomic E-state index is 0.133. The number of methoxy groups -OCH3 is 3. The van der Waals surface area contributed by atoms with Crippen LogP contribution in [0.4, 0.5) is 5.82 Å². The van der Waals surface area contributed by atoms with Crippen molar-refractivity contribution in [1.82, 2.24) is 15.3 Å². The van der Waals surface area contributed by atoms with E-state index >= 15 is 0 Å². The lowest BCUT2D eigenvalue weighted by molar-refractivity contribution is 0.0954. The number of hydrogen-bond donors (Lipinski definition) is 1. The number of carbonyl (C=O) groups is 1. The molecular formula is C24H30N4O4S. The van der Waals surface area contributed by atoms with Crippen molar-refractivity contribution in [3.05, 3.63) is 34.0 Å². The molecule has 9 heteroatoms. The van der Waals surface area contributed by atoms with Crippen LogP contribution < -0.4 is 24.4 Å². The zero-order valence-electron chi connectivity index (χ0n) is 19.8. The molecule has 2 aromatic heterocycles. The SMILES string of the molecule is COc1cc(CNC(=O)c2sc3nc(C)nc(N4CCCCC4)c3c2C)cc(OC)c1OC. The number of rotatable bonds is 7. The zero-order valence-corrected chi connectivity index (χ0v) is 20.6. The van der Waals surface area contributed by atoms with Gasteiger partial charge in [-0.05, 0) is 56.4 Å². The maximum Gasteiger partial charge on any atom is 0.261 e. The molecule has 3 aromatic rings. The van der Waals surface area contributed by atoms with Gasteiger partial charge in [-0.25, -0.2) is 9.97 Å². The van der Waals surface area contributed by atoms with Crippen LogP contribution in [0.5, 0.6) is 17.2 Å². The third kappa shape index (κ3) is 4.55. The molecule has 1 aliphatic heterocycles. The summed E-state index contributed by atoms with van der Waals surface area (Å²) in [7, 11) is 4.71. The molecule has 33 heavy (non-hydrogen) atoms. The molecule has 0 atom stereocenters. The number of fused-ring (bicyclic) bond motifs is 1. The predicted molar refractivity (Wildman–Crippen MR) is 130 cm³/mol. The molecule has 1 fully saturated rings. The van der Waals surface area contributed by atoms with Gasteiger partial charge in [-0.1, -0.05) is 0 Å². The van der Waals surface area contributed by atoms with Gasteiger partial charge in [-0.15, -0.1) is 11.3 Å². The summed E-state index contributed by atoms with van der Waals surface area (Å²) >= 11 is 1.42. The van der Waals surface area contributed by atoms with Crippen LogP contribution >= 0.6 is 11.3 Å². The first-order chi connectivity index (χ1) is 16.0. The van der Waals surface area contributed by atoms with E-state index in [1.54, 1.807) is 21.3 Å². The van der Waals surface area contributed by atoms with E-state index in [9.17, 15) is 4.79 Å². The molecule has 8 nitrogen and oxygen atoms in total. The number of nitrogens with one attached hydrogen (secondary N) is 1. The van der Waals surface area contributed by atoms with Crippen molar-refractivity contribution in [2.75, 3.05) is 39.3 Å². The molecule has 1 saturated heterocycles. The summed E-state index contributed by atoms with van der Waals surface area (Å²) in [4.78, 5) is 26.4. The van der Waals surface area contributed by atoms with Gasteiger partial charge in [0.25, 0.3) is 5.91 Å². The van der Waals surface area contributed by atoms with E-state index < -0.39 is 0 Å². The quantitative estimate of drug-likeness (QED) is 0.552. The molecule has 3 heterocycles. The first kappa shape index (κ1) is 23.1. The largest absolute Gasteiger partial charge is 0.493 e. The second kappa shape index (κ2) is 9.82. The number of aryl methyl sites for hydroxylation is 2. The Bertz CT molecular complexity index is 1150. The Hall–Kier alpha value is -3.07. The van der Waals surface area contributed by atoms with E-state index in [-0.39, 0.29) is 5.91 Å². The molecule has 1 N–H and O–H groups in total. The van der Waals surface area contributed by atoms with Crippen molar-refractivity contribution in [2.24, 2.45) is 0 Å². The molecule has 1 aliphatic rings. The van der Waals surface area contributed by atoms with Gasteiger partial charge in [-0.3, -0.25) is 4.79 Å². The first-order valence-electron chi connectivity index (χ1n) is 11.1. The fourth-order valence-electron chi connectivity index (χ4n) is 4.27. The summed E-state index contributed by atoms with van der Waals surface area (Å²) in [5.74, 6) is 3.18. The van der Waals surface area contributed by atoms with E-state index in [0.717, 1.165) is 58.9 Å². The van der Waals surface area contributed by atoms with Crippen molar-refractivity contribution in [1.29, 1.82) is 0 Å². The minimum atomic E-state index is -0.133. The number of amides is 1. The van der Waals surface area contributed by atoms with Crippen LogP contribution in [0.25, 0.3) is 10.2 Å². The number of aromatic nitrogens is 2. The van der Waals surface area contributed by atoms with Crippen molar-refractivity contribution in [2.45, 2.75) is 39.7 Å². The van der Waals surface area contributed by atoms with Crippen LogP contribution in [0.15, 0.2) is 12.1 Å². The number of benzene rings is 1. The highest BCUT2D eigenvalue weighted by Gasteiger charge is 2.24. The number of hydrogen-bond acceptors (Lipinski definition) is 8. The summed E-state index contributed by atoms with van der Waals surface area (Å²) < 4.78 is 16.2. The first-order valence-corrected chi connectivity index (χ1v) is 11.9. The molecule has 0 spiro atoms. The molecule has 0 bridgehead atoms. The van der Waals surface area contributed by atoms with Crippen LogP contribution in [0.2, 0.25) is 0 Å². The van der Waals surface area contributed by atoms with Gasteiger partial charge in [0.1, 0.15) is 16.5 Å². The van der Waals surface area contributed by atoms with Gasteiger partial charge >= 0.3 is 0 Å². The summed E-state index contributed by atoms with van der Waals surface area (Å²) in [5.41, 5.74) is 1.78. The Balaban J connectivity index is 1.61. The highest BCUT2D eigenvalue weighted by atomic mass is 32.1. The fourth-order valence-corrected chi connectivity index (χ4v) is 5.41. The number of ether oxygens (including phenoxy) is 3. The van der Waals surface area contributed by atoms with Crippen LogP contribution in [0.1, 0.15) is 45.9 Å². The highest BCUT2D eigenvalue weighted by Crippen LogP contribution is 2.39. The zero-order chi connectivity index (χ0) is 23.5. The van der Waals surface area contributed by atoms with E-state index in [4.69, 9.17) is 19.2 Å². The normalized spacial score (nSPS) is 13.8. The lowest BCUT2D eigenvalue weighted by atomic mass is 10.1. The van der Waals surface area contributed by atoms with Crippen molar-refractivity contribution in [3.63, 3.8) is 0 Å². The number of piperidine rings is 1. The van der Waals surface area contributed by atoms with Crippen LogP contribution in [0, 0.1) is 13.8 Å². The Labute approximate surface area is 197 Å². The Morgan fingerprint density at radius 2 is 1.70 bits per heavy atom. The van der Waals surface area contributed by atoms with E-state index in [1.807, 2.05) is 26.0 Å². The molecule has 176 valence electrons. The van der Waals surface area contributed by atoms with Gasteiger partial charge in [0.05, 0.1) is 31.6 Å². The lowest BCUT2D eigenvalue weighted by Crippen LogP contribution is -2.30. The molecule has 1 aromatic carbocycles. The number of carbonyl (C=O) groups excluding carboxylic acids is 1. The van der Waals surface area contributed by atoms with Crippen LogP contribution in [-0.2, 0) is 6.54 Å². The maximum absolute atomic E-state index is 13.2. The van der Waals surface area contributed by atoms with Gasteiger partial charge in [-0.2, -0.15) is 0 Å². The molecule has 1 amide bonds.